The molecular weight excluding hydrogens is 200 g/mol. The van der Waals surface area contributed by atoms with Gasteiger partial charge < -0.3 is 10.2 Å². The van der Waals surface area contributed by atoms with E-state index in [9.17, 15) is 0 Å². The molecule has 0 unspecified atom stereocenters. The van der Waals surface area contributed by atoms with Crippen molar-refractivity contribution in [3.05, 3.63) is 18.0 Å². The molecule has 0 aromatic carbocycles. The highest BCUT2D eigenvalue weighted by molar-refractivity contribution is 4.97. The summed E-state index contributed by atoms with van der Waals surface area (Å²) in [5.41, 5.74) is 1.21. The lowest BCUT2D eigenvalue weighted by Crippen LogP contribution is -2.32. The minimum absolute atomic E-state index is 0.732. The van der Waals surface area contributed by atoms with Crippen molar-refractivity contribution in [1.29, 1.82) is 0 Å². The average molecular weight is 224 g/mol. The molecule has 0 atom stereocenters. The number of nitrogens with zero attached hydrogens (tertiary/aromatic N) is 2. The van der Waals surface area contributed by atoms with E-state index in [1.165, 1.54) is 5.69 Å². The normalized spacial score (nSPS) is 11.6. The van der Waals surface area contributed by atoms with Crippen LogP contribution in [0, 0.1) is 5.92 Å². The van der Waals surface area contributed by atoms with Crippen molar-refractivity contribution in [2.45, 2.75) is 20.3 Å². The van der Waals surface area contributed by atoms with Gasteiger partial charge in [0.1, 0.15) is 0 Å². The summed E-state index contributed by atoms with van der Waals surface area (Å²) in [7, 11) is 2.16. The Hall–Kier alpha value is -0.870. The van der Waals surface area contributed by atoms with Crippen molar-refractivity contribution in [1.82, 2.24) is 20.4 Å². The van der Waals surface area contributed by atoms with Crippen molar-refractivity contribution < 1.29 is 0 Å². The second kappa shape index (κ2) is 7.41. The van der Waals surface area contributed by atoms with Crippen molar-refractivity contribution >= 4 is 0 Å². The van der Waals surface area contributed by atoms with E-state index in [0.29, 0.717) is 0 Å². The van der Waals surface area contributed by atoms with Crippen molar-refractivity contribution in [2.24, 2.45) is 5.92 Å². The van der Waals surface area contributed by atoms with Gasteiger partial charge >= 0.3 is 0 Å². The summed E-state index contributed by atoms with van der Waals surface area (Å²) in [5.74, 6) is 0.732. The third-order valence-corrected chi connectivity index (χ3v) is 2.54. The molecule has 1 aromatic rings. The van der Waals surface area contributed by atoms with Crippen LogP contribution in [-0.4, -0.2) is 48.3 Å². The van der Waals surface area contributed by atoms with Gasteiger partial charge in [0, 0.05) is 37.9 Å². The van der Waals surface area contributed by atoms with Gasteiger partial charge in [0.15, 0.2) is 0 Å². The minimum atomic E-state index is 0.732. The Morgan fingerprint density at radius 1 is 1.44 bits per heavy atom. The van der Waals surface area contributed by atoms with Crippen LogP contribution in [0.5, 0.6) is 0 Å². The van der Waals surface area contributed by atoms with E-state index in [1.807, 2.05) is 6.07 Å². The zero-order valence-electron chi connectivity index (χ0n) is 10.7. The summed E-state index contributed by atoms with van der Waals surface area (Å²) in [6.07, 6.45) is 2.85. The van der Waals surface area contributed by atoms with E-state index >= 15 is 0 Å². The van der Waals surface area contributed by atoms with Crippen LogP contribution in [0.3, 0.4) is 0 Å². The van der Waals surface area contributed by atoms with Crippen LogP contribution in [-0.2, 0) is 6.42 Å². The highest BCUT2D eigenvalue weighted by Crippen LogP contribution is 1.94. The van der Waals surface area contributed by atoms with Crippen molar-refractivity contribution in [2.75, 3.05) is 33.2 Å². The van der Waals surface area contributed by atoms with Gasteiger partial charge in [-0.25, -0.2) is 0 Å². The van der Waals surface area contributed by atoms with Crippen LogP contribution in [0.4, 0.5) is 0 Å². The number of nitrogens with one attached hydrogen (secondary N) is 2. The number of H-pyrrole nitrogens is 1. The fraction of sp³-hybridized carbons (Fsp3) is 0.750. The molecule has 0 amide bonds. The van der Waals surface area contributed by atoms with Crippen LogP contribution in [0.1, 0.15) is 19.5 Å². The molecule has 0 fully saturated rings. The predicted molar refractivity (Wildman–Crippen MR) is 67.5 cm³/mol. The van der Waals surface area contributed by atoms with Gasteiger partial charge in [-0.15, -0.1) is 0 Å². The molecule has 16 heavy (non-hydrogen) atoms. The quantitative estimate of drug-likeness (QED) is 0.651. The summed E-state index contributed by atoms with van der Waals surface area (Å²) in [4.78, 5) is 2.34. The maximum Gasteiger partial charge on any atom is 0.0490 e. The number of aromatic amines is 1. The number of aromatic nitrogens is 2. The zero-order valence-corrected chi connectivity index (χ0v) is 10.7. The van der Waals surface area contributed by atoms with E-state index < -0.39 is 0 Å². The fourth-order valence-electron chi connectivity index (χ4n) is 1.51. The molecule has 4 heteroatoms. The van der Waals surface area contributed by atoms with Gasteiger partial charge in [-0.3, -0.25) is 5.10 Å². The zero-order chi connectivity index (χ0) is 11.8. The summed E-state index contributed by atoms with van der Waals surface area (Å²) in [6.45, 7) is 8.81. The van der Waals surface area contributed by atoms with Crippen LogP contribution in [0.15, 0.2) is 12.3 Å². The number of hydrogen-bond donors (Lipinski definition) is 2. The van der Waals surface area contributed by atoms with E-state index in [4.69, 9.17) is 0 Å². The molecule has 1 rings (SSSR count). The fourth-order valence-corrected chi connectivity index (χ4v) is 1.51. The number of likely N-dealkylation sites (N-methyl/N-ethyl adjacent to an activating group) is 1. The molecule has 0 saturated carbocycles. The Labute approximate surface area is 98.4 Å². The number of hydrogen-bond acceptors (Lipinski definition) is 3. The van der Waals surface area contributed by atoms with E-state index in [-0.39, 0.29) is 0 Å². The topological polar surface area (TPSA) is 44.0 Å². The molecule has 0 bridgehead atoms. The lowest BCUT2D eigenvalue weighted by molar-refractivity contribution is 0.331. The first kappa shape index (κ1) is 13.2. The lowest BCUT2D eigenvalue weighted by atomic mass is 10.2. The molecule has 92 valence electrons. The standard InChI is InChI=1S/C12H24N4/c1-11(2)10-13-7-9-16(3)8-5-12-4-6-14-15-12/h4,6,11,13H,5,7-10H2,1-3H3,(H,14,15). The first-order chi connectivity index (χ1) is 7.68. The molecule has 0 radical (unpaired) electrons. The van der Waals surface area contributed by atoms with Gasteiger partial charge in [0.2, 0.25) is 0 Å². The second-order valence-corrected chi connectivity index (χ2v) is 4.73. The second-order valence-electron chi connectivity index (χ2n) is 4.73. The Morgan fingerprint density at radius 3 is 2.88 bits per heavy atom. The molecule has 0 aliphatic rings. The lowest BCUT2D eigenvalue weighted by Gasteiger charge is -2.16. The monoisotopic (exact) mass is 224 g/mol. The molecule has 2 N–H and O–H groups in total. The Morgan fingerprint density at radius 2 is 2.25 bits per heavy atom. The molecule has 0 aliphatic heterocycles. The molecule has 4 nitrogen and oxygen atoms in total. The molecule has 0 aliphatic carbocycles. The highest BCUT2D eigenvalue weighted by atomic mass is 15.1. The summed E-state index contributed by atoms with van der Waals surface area (Å²) < 4.78 is 0. The highest BCUT2D eigenvalue weighted by Gasteiger charge is 2.00. The maximum absolute atomic E-state index is 3.94. The van der Waals surface area contributed by atoms with Gasteiger partial charge in [0.05, 0.1) is 0 Å². The SMILES string of the molecule is CC(C)CNCCN(C)CCc1ccn[nH]1. The summed E-state index contributed by atoms with van der Waals surface area (Å²) in [5, 5.41) is 10.4. The van der Waals surface area contributed by atoms with E-state index in [0.717, 1.165) is 38.5 Å². The van der Waals surface area contributed by atoms with Crippen LogP contribution < -0.4 is 5.32 Å². The smallest absolute Gasteiger partial charge is 0.0490 e. The third-order valence-electron chi connectivity index (χ3n) is 2.54. The van der Waals surface area contributed by atoms with Crippen LogP contribution in [0.2, 0.25) is 0 Å². The summed E-state index contributed by atoms with van der Waals surface area (Å²) in [6, 6.07) is 2.03. The van der Waals surface area contributed by atoms with Crippen LogP contribution in [0.25, 0.3) is 0 Å². The summed E-state index contributed by atoms with van der Waals surface area (Å²) >= 11 is 0. The molecule has 1 heterocycles. The van der Waals surface area contributed by atoms with E-state index in [2.05, 4.69) is 41.3 Å². The molecule has 0 spiro atoms. The number of rotatable bonds is 8. The van der Waals surface area contributed by atoms with Gasteiger partial charge in [-0.05, 0) is 25.6 Å². The van der Waals surface area contributed by atoms with Gasteiger partial charge in [-0.1, -0.05) is 13.8 Å². The molecule has 1 aromatic heterocycles. The Kier molecular flexibility index (Phi) is 6.11. The van der Waals surface area contributed by atoms with Crippen molar-refractivity contribution in [3.63, 3.8) is 0 Å². The van der Waals surface area contributed by atoms with E-state index in [1.54, 1.807) is 6.20 Å². The van der Waals surface area contributed by atoms with Gasteiger partial charge in [0.25, 0.3) is 0 Å². The first-order valence-electron chi connectivity index (χ1n) is 6.06. The minimum Gasteiger partial charge on any atom is -0.315 e. The van der Waals surface area contributed by atoms with Crippen LogP contribution >= 0.6 is 0 Å². The Bertz CT molecular complexity index is 256. The van der Waals surface area contributed by atoms with Crippen molar-refractivity contribution in [3.8, 4) is 0 Å². The predicted octanol–water partition coefficient (Wildman–Crippen LogP) is 1.13. The molecule has 0 saturated heterocycles. The molecular formula is C12H24N4. The maximum atomic E-state index is 3.94. The first-order valence-corrected chi connectivity index (χ1v) is 6.06. The Balaban J connectivity index is 2.00. The largest absolute Gasteiger partial charge is 0.315 e. The van der Waals surface area contributed by atoms with Gasteiger partial charge in [-0.2, -0.15) is 5.10 Å². The third kappa shape index (κ3) is 5.88. The average Bonchev–Trinajstić information content (AvgIpc) is 2.74.